The second kappa shape index (κ2) is 6.66. The highest BCUT2D eigenvalue weighted by Crippen LogP contribution is 2.39. The van der Waals surface area contributed by atoms with E-state index in [0.717, 1.165) is 48.1 Å². The number of nitrogens with zero attached hydrogens (tertiary/aromatic N) is 3. The Labute approximate surface area is 171 Å². The molecule has 4 nitrogen and oxygen atoms in total. The summed E-state index contributed by atoms with van der Waals surface area (Å²) in [6, 6.07) is 11.1. The zero-order valence-corrected chi connectivity index (χ0v) is 16.8. The number of hydrogen-bond acceptors (Lipinski definition) is 4. The molecule has 2 aliphatic rings. The number of hydrogen-bond donors (Lipinski definition) is 0. The quantitative estimate of drug-likeness (QED) is 0.594. The molecule has 27 heavy (non-hydrogen) atoms. The molecule has 4 heterocycles. The van der Waals surface area contributed by atoms with Gasteiger partial charge in [0.05, 0.1) is 10.7 Å². The summed E-state index contributed by atoms with van der Waals surface area (Å²) in [4.78, 5) is 19.4. The fourth-order valence-electron chi connectivity index (χ4n) is 4.28. The lowest BCUT2D eigenvalue weighted by Crippen LogP contribution is -2.47. The van der Waals surface area contributed by atoms with Gasteiger partial charge in [-0.1, -0.05) is 29.3 Å². The molecule has 0 N–H and O–H groups in total. The highest BCUT2D eigenvalue weighted by Gasteiger charge is 2.35. The van der Waals surface area contributed by atoms with Gasteiger partial charge in [0.1, 0.15) is 0 Å². The van der Waals surface area contributed by atoms with Crippen LogP contribution in [0.25, 0.3) is 11.3 Å². The van der Waals surface area contributed by atoms with Crippen LogP contribution in [-0.2, 0) is 6.54 Å². The van der Waals surface area contributed by atoms with E-state index in [-0.39, 0.29) is 5.56 Å². The molecular formula is C20H17Cl2N3OS. The van der Waals surface area contributed by atoms with Gasteiger partial charge >= 0.3 is 0 Å². The average Bonchev–Trinajstić information content (AvgIpc) is 3.12. The number of piperidine rings is 1. The fraction of sp³-hybridized carbons (Fsp3) is 0.300. The van der Waals surface area contributed by atoms with Gasteiger partial charge in [0.2, 0.25) is 0 Å². The monoisotopic (exact) mass is 417 g/mol. The fourth-order valence-corrected chi connectivity index (χ4v) is 5.63. The van der Waals surface area contributed by atoms with E-state index in [4.69, 9.17) is 28.2 Å². The van der Waals surface area contributed by atoms with Gasteiger partial charge in [-0.25, -0.2) is 4.98 Å². The Morgan fingerprint density at radius 2 is 2.00 bits per heavy atom. The predicted octanol–water partition coefficient (Wildman–Crippen LogP) is 4.90. The number of benzene rings is 1. The first-order valence-electron chi connectivity index (χ1n) is 8.94. The standard InChI is InChI=1S/C20H17Cl2N3OS/c21-14-4-5-15(16(22)7-14)17-11-27-20(23-17)24-8-12-6-13(10-24)18-2-1-3-19(26)25(18)9-12/h1-5,7,11-13H,6,8-10H2/t12-,13+/m0/s1. The molecule has 0 saturated carbocycles. The summed E-state index contributed by atoms with van der Waals surface area (Å²) in [5.74, 6) is 0.848. The second-order valence-corrected chi connectivity index (χ2v) is 8.92. The lowest BCUT2D eigenvalue weighted by molar-refractivity contribution is 0.281. The van der Waals surface area contributed by atoms with Crippen molar-refractivity contribution in [2.75, 3.05) is 18.0 Å². The highest BCUT2D eigenvalue weighted by atomic mass is 35.5. The van der Waals surface area contributed by atoms with Gasteiger partial charge in [-0.15, -0.1) is 11.3 Å². The Hall–Kier alpha value is -1.82. The van der Waals surface area contributed by atoms with Gasteiger partial charge in [-0.05, 0) is 36.6 Å². The van der Waals surface area contributed by atoms with Gasteiger partial charge < -0.3 is 9.47 Å². The number of pyridine rings is 1. The minimum atomic E-state index is 0.115. The van der Waals surface area contributed by atoms with E-state index in [1.54, 1.807) is 23.5 Å². The summed E-state index contributed by atoms with van der Waals surface area (Å²) in [7, 11) is 0. The second-order valence-electron chi connectivity index (χ2n) is 7.24. The lowest BCUT2D eigenvalue weighted by Gasteiger charge is -2.42. The van der Waals surface area contributed by atoms with Gasteiger partial charge in [0.25, 0.3) is 5.56 Å². The third-order valence-corrected chi connectivity index (χ3v) is 6.90. The largest absolute Gasteiger partial charge is 0.347 e. The van der Waals surface area contributed by atoms with Crippen molar-refractivity contribution < 1.29 is 0 Å². The van der Waals surface area contributed by atoms with Crippen molar-refractivity contribution in [1.82, 2.24) is 9.55 Å². The molecule has 5 rings (SSSR count). The van der Waals surface area contributed by atoms with E-state index in [0.29, 0.717) is 21.9 Å². The van der Waals surface area contributed by atoms with Crippen molar-refractivity contribution in [3.05, 3.63) is 67.9 Å². The third kappa shape index (κ3) is 3.08. The van der Waals surface area contributed by atoms with Crippen LogP contribution in [0.1, 0.15) is 18.0 Å². The number of halogens is 2. The summed E-state index contributed by atoms with van der Waals surface area (Å²) in [5, 5.41) is 4.30. The summed E-state index contributed by atoms with van der Waals surface area (Å²) < 4.78 is 1.96. The van der Waals surface area contributed by atoms with Gasteiger partial charge in [-0.3, -0.25) is 4.79 Å². The topological polar surface area (TPSA) is 38.1 Å². The maximum Gasteiger partial charge on any atom is 0.250 e. The van der Waals surface area contributed by atoms with Crippen LogP contribution in [-0.4, -0.2) is 22.6 Å². The summed E-state index contributed by atoms with van der Waals surface area (Å²) in [6.07, 6.45) is 1.14. The van der Waals surface area contributed by atoms with Crippen molar-refractivity contribution in [2.24, 2.45) is 5.92 Å². The molecule has 0 aliphatic carbocycles. The van der Waals surface area contributed by atoms with E-state index in [2.05, 4.69) is 11.0 Å². The molecule has 0 radical (unpaired) electrons. The molecule has 0 amide bonds. The Kier molecular flexibility index (Phi) is 4.26. The Morgan fingerprint density at radius 1 is 1.11 bits per heavy atom. The van der Waals surface area contributed by atoms with Gasteiger partial charge in [-0.2, -0.15) is 0 Å². The van der Waals surface area contributed by atoms with Crippen molar-refractivity contribution in [2.45, 2.75) is 18.9 Å². The maximum absolute atomic E-state index is 12.2. The number of rotatable bonds is 2. The van der Waals surface area contributed by atoms with E-state index < -0.39 is 0 Å². The van der Waals surface area contributed by atoms with Crippen LogP contribution in [0.15, 0.2) is 46.6 Å². The smallest absolute Gasteiger partial charge is 0.250 e. The molecule has 7 heteroatoms. The Bertz CT molecular complexity index is 1080. The minimum absolute atomic E-state index is 0.115. The SMILES string of the molecule is O=c1cccc2n1C[C@H]1C[C@@H]2CN(c2nc(-c3ccc(Cl)cc3Cl)cs2)C1. The van der Waals surface area contributed by atoms with E-state index >= 15 is 0 Å². The zero-order valence-electron chi connectivity index (χ0n) is 14.4. The van der Waals surface area contributed by atoms with E-state index in [9.17, 15) is 4.79 Å². The first-order valence-corrected chi connectivity index (χ1v) is 10.6. The lowest BCUT2D eigenvalue weighted by atomic mass is 9.83. The number of thiazole rings is 1. The Morgan fingerprint density at radius 3 is 2.85 bits per heavy atom. The van der Waals surface area contributed by atoms with Crippen LogP contribution in [0, 0.1) is 5.92 Å². The first kappa shape index (κ1) is 17.3. The van der Waals surface area contributed by atoms with Crippen LogP contribution in [0.4, 0.5) is 5.13 Å². The maximum atomic E-state index is 12.2. The molecular weight excluding hydrogens is 401 g/mol. The first-order chi connectivity index (χ1) is 13.1. The van der Waals surface area contributed by atoms with Gasteiger partial charge in [0, 0.05) is 53.3 Å². The Balaban J connectivity index is 1.44. The normalized spacial score (nSPS) is 21.2. The van der Waals surface area contributed by atoms with Crippen LogP contribution < -0.4 is 10.5 Å². The molecule has 0 spiro atoms. The highest BCUT2D eigenvalue weighted by molar-refractivity contribution is 7.14. The van der Waals surface area contributed by atoms with Crippen LogP contribution in [0.5, 0.6) is 0 Å². The summed E-state index contributed by atoms with van der Waals surface area (Å²) in [6.45, 7) is 2.61. The molecule has 2 bridgehead atoms. The molecule has 138 valence electrons. The molecule has 3 aromatic rings. The predicted molar refractivity (Wildman–Crippen MR) is 111 cm³/mol. The van der Waals surface area contributed by atoms with Crippen molar-refractivity contribution >= 4 is 39.7 Å². The molecule has 1 saturated heterocycles. The number of fused-ring (bicyclic) bond motifs is 4. The van der Waals surface area contributed by atoms with Crippen LogP contribution in [0.3, 0.4) is 0 Å². The number of aromatic nitrogens is 2. The third-order valence-electron chi connectivity index (χ3n) is 5.45. The molecule has 1 aromatic carbocycles. The molecule has 0 unspecified atom stereocenters. The molecule has 2 aliphatic heterocycles. The van der Waals surface area contributed by atoms with Crippen molar-refractivity contribution in [3.8, 4) is 11.3 Å². The minimum Gasteiger partial charge on any atom is -0.347 e. The summed E-state index contributed by atoms with van der Waals surface area (Å²) >= 11 is 14.0. The van der Waals surface area contributed by atoms with E-state index in [1.807, 2.05) is 28.1 Å². The zero-order chi connectivity index (χ0) is 18.5. The molecule has 2 aromatic heterocycles. The number of anilines is 1. The van der Waals surface area contributed by atoms with Gasteiger partial charge in [0.15, 0.2) is 5.13 Å². The molecule has 2 atom stereocenters. The van der Waals surface area contributed by atoms with Crippen molar-refractivity contribution in [3.63, 3.8) is 0 Å². The van der Waals surface area contributed by atoms with Crippen LogP contribution >= 0.6 is 34.5 Å². The summed E-state index contributed by atoms with van der Waals surface area (Å²) in [5.41, 5.74) is 3.05. The van der Waals surface area contributed by atoms with Crippen LogP contribution in [0.2, 0.25) is 10.0 Å². The van der Waals surface area contributed by atoms with E-state index in [1.165, 1.54) is 0 Å². The molecule has 1 fully saturated rings. The van der Waals surface area contributed by atoms with Crippen molar-refractivity contribution in [1.29, 1.82) is 0 Å². The average molecular weight is 418 g/mol.